The Hall–Kier alpha value is -0.560. The van der Waals surface area contributed by atoms with Gasteiger partial charge in [0.1, 0.15) is 0 Å². The quantitative estimate of drug-likeness (QED) is 0.843. The van der Waals surface area contributed by atoms with Gasteiger partial charge in [0.05, 0.1) is 4.90 Å². The van der Waals surface area contributed by atoms with Crippen molar-refractivity contribution in [2.75, 3.05) is 5.75 Å². The predicted octanol–water partition coefficient (Wildman–Crippen LogP) is 2.10. The predicted molar refractivity (Wildman–Crippen MR) is 84.2 cm³/mol. The van der Waals surface area contributed by atoms with E-state index in [0.29, 0.717) is 15.7 Å². The second-order valence-corrected chi connectivity index (χ2v) is 8.28. The van der Waals surface area contributed by atoms with Gasteiger partial charge in [-0.25, -0.2) is 13.1 Å². The Labute approximate surface area is 125 Å². The topological polar surface area (TPSA) is 72.2 Å². The smallest absolute Gasteiger partial charge is 0.241 e. The van der Waals surface area contributed by atoms with Crippen LogP contribution in [0.15, 0.2) is 29.2 Å². The fourth-order valence-corrected chi connectivity index (χ4v) is 5.33. The number of benzene rings is 1. The summed E-state index contributed by atoms with van der Waals surface area (Å²) >= 11 is 1.92. The van der Waals surface area contributed by atoms with Crippen LogP contribution in [0.1, 0.15) is 31.7 Å². The van der Waals surface area contributed by atoms with Crippen molar-refractivity contribution in [2.24, 2.45) is 5.73 Å². The van der Waals surface area contributed by atoms with Crippen LogP contribution in [-0.2, 0) is 16.6 Å². The van der Waals surface area contributed by atoms with Crippen molar-refractivity contribution in [2.45, 2.75) is 48.9 Å². The molecule has 4 nitrogen and oxygen atoms in total. The molecule has 2 unspecified atom stereocenters. The van der Waals surface area contributed by atoms with Gasteiger partial charge in [0.2, 0.25) is 10.0 Å². The van der Waals surface area contributed by atoms with E-state index in [4.69, 9.17) is 5.73 Å². The fourth-order valence-electron chi connectivity index (χ4n) is 2.65. The van der Waals surface area contributed by atoms with Crippen LogP contribution in [0.4, 0.5) is 0 Å². The van der Waals surface area contributed by atoms with E-state index in [2.05, 4.69) is 11.6 Å². The summed E-state index contributed by atoms with van der Waals surface area (Å²) in [6, 6.07) is 6.98. The van der Waals surface area contributed by atoms with Crippen molar-refractivity contribution in [1.82, 2.24) is 4.72 Å². The third-order valence-corrected chi connectivity index (χ3v) is 6.44. The molecule has 1 aliphatic carbocycles. The van der Waals surface area contributed by atoms with Crippen LogP contribution >= 0.6 is 11.8 Å². The molecule has 112 valence electrons. The van der Waals surface area contributed by atoms with Crippen molar-refractivity contribution in [3.63, 3.8) is 0 Å². The minimum atomic E-state index is -3.46. The normalized spacial score (nSPS) is 23.1. The van der Waals surface area contributed by atoms with Crippen molar-refractivity contribution in [3.05, 3.63) is 29.8 Å². The van der Waals surface area contributed by atoms with Crippen molar-refractivity contribution in [3.8, 4) is 0 Å². The van der Waals surface area contributed by atoms with E-state index in [1.165, 1.54) is 0 Å². The lowest BCUT2D eigenvalue weighted by molar-refractivity contribution is 0.551. The third kappa shape index (κ3) is 3.75. The number of hydrogen-bond donors (Lipinski definition) is 2. The first-order valence-electron chi connectivity index (χ1n) is 6.98. The van der Waals surface area contributed by atoms with Crippen molar-refractivity contribution in [1.29, 1.82) is 0 Å². The van der Waals surface area contributed by atoms with Gasteiger partial charge in [-0.3, -0.25) is 0 Å². The van der Waals surface area contributed by atoms with Gasteiger partial charge in [0.25, 0.3) is 0 Å². The maximum absolute atomic E-state index is 12.5. The highest BCUT2D eigenvalue weighted by molar-refractivity contribution is 7.99. The molecule has 1 saturated carbocycles. The zero-order chi connectivity index (χ0) is 14.6. The number of nitrogens with two attached hydrogens (primary N) is 1. The van der Waals surface area contributed by atoms with Gasteiger partial charge in [-0.2, -0.15) is 11.8 Å². The molecule has 1 aromatic carbocycles. The maximum Gasteiger partial charge on any atom is 0.241 e. The molecule has 1 aromatic rings. The molecule has 0 amide bonds. The molecule has 1 fully saturated rings. The molecule has 0 aliphatic heterocycles. The molecular formula is C14H22N2O2S2. The summed E-state index contributed by atoms with van der Waals surface area (Å²) in [5, 5.41) is 0.581. The second-order valence-electron chi connectivity index (χ2n) is 5.02. The Morgan fingerprint density at radius 3 is 2.80 bits per heavy atom. The first-order valence-corrected chi connectivity index (χ1v) is 9.52. The first-order chi connectivity index (χ1) is 9.56. The van der Waals surface area contributed by atoms with Crippen LogP contribution in [0.25, 0.3) is 0 Å². The minimum Gasteiger partial charge on any atom is -0.326 e. The van der Waals surface area contributed by atoms with E-state index < -0.39 is 10.0 Å². The number of nitrogens with one attached hydrogen (secondary N) is 1. The summed E-state index contributed by atoms with van der Waals surface area (Å²) < 4.78 is 27.8. The summed E-state index contributed by atoms with van der Waals surface area (Å²) in [6.07, 6.45) is 2.93. The van der Waals surface area contributed by atoms with E-state index in [1.807, 2.05) is 17.8 Å². The molecule has 0 saturated heterocycles. The average Bonchev–Trinajstić information content (AvgIpc) is 2.85. The number of thioether (sulfide) groups is 1. The minimum absolute atomic E-state index is 0.0508. The molecule has 2 rings (SSSR count). The summed E-state index contributed by atoms with van der Waals surface area (Å²) in [5.74, 6) is 1.08. The lowest BCUT2D eigenvalue weighted by Crippen LogP contribution is -2.33. The summed E-state index contributed by atoms with van der Waals surface area (Å²) in [7, 11) is -3.46. The Morgan fingerprint density at radius 2 is 2.10 bits per heavy atom. The summed E-state index contributed by atoms with van der Waals surface area (Å²) in [5.41, 5.74) is 6.29. The van der Waals surface area contributed by atoms with Gasteiger partial charge in [-0.05, 0) is 36.6 Å². The third-order valence-electron chi connectivity index (χ3n) is 3.59. The van der Waals surface area contributed by atoms with Crippen LogP contribution in [0, 0.1) is 0 Å². The van der Waals surface area contributed by atoms with Crippen LogP contribution in [0.3, 0.4) is 0 Å². The largest absolute Gasteiger partial charge is 0.326 e. The SMILES string of the molecule is CCSC1CCC(NS(=O)(=O)c2ccccc2CN)C1. The molecule has 0 bridgehead atoms. The highest BCUT2D eigenvalue weighted by Gasteiger charge is 2.29. The monoisotopic (exact) mass is 314 g/mol. The van der Waals surface area contributed by atoms with E-state index in [-0.39, 0.29) is 12.6 Å². The highest BCUT2D eigenvalue weighted by atomic mass is 32.2. The maximum atomic E-state index is 12.5. The number of sulfonamides is 1. The Bertz CT molecular complexity index is 546. The average molecular weight is 314 g/mol. The standard InChI is InChI=1S/C14H22N2O2S2/c1-2-19-13-8-7-12(9-13)16-20(17,18)14-6-4-3-5-11(14)10-15/h3-6,12-13,16H,2,7-10,15H2,1H3. The zero-order valence-electron chi connectivity index (χ0n) is 11.7. The lowest BCUT2D eigenvalue weighted by atomic mass is 10.2. The van der Waals surface area contributed by atoms with Crippen LogP contribution < -0.4 is 10.5 Å². The van der Waals surface area contributed by atoms with Gasteiger partial charge in [0, 0.05) is 17.8 Å². The van der Waals surface area contributed by atoms with Gasteiger partial charge in [-0.1, -0.05) is 25.1 Å². The molecule has 0 heterocycles. The molecule has 0 aromatic heterocycles. The molecular weight excluding hydrogens is 292 g/mol. The van der Waals surface area contributed by atoms with Crippen LogP contribution in [0.2, 0.25) is 0 Å². The lowest BCUT2D eigenvalue weighted by Gasteiger charge is -2.15. The molecule has 3 N–H and O–H groups in total. The van der Waals surface area contributed by atoms with Crippen molar-refractivity contribution < 1.29 is 8.42 Å². The van der Waals surface area contributed by atoms with Crippen molar-refractivity contribution >= 4 is 21.8 Å². The zero-order valence-corrected chi connectivity index (χ0v) is 13.3. The molecule has 2 atom stereocenters. The van der Waals surface area contributed by atoms with Crippen LogP contribution in [-0.4, -0.2) is 25.5 Å². The number of hydrogen-bond acceptors (Lipinski definition) is 4. The number of rotatable bonds is 6. The highest BCUT2D eigenvalue weighted by Crippen LogP contribution is 2.30. The fraction of sp³-hybridized carbons (Fsp3) is 0.571. The van der Waals surface area contributed by atoms with E-state index >= 15 is 0 Å². The van der Waals surface area contributed by atoms with Crippen LogP contribution in [0.5, 0.6) is 0 Å². The van der Waals surface area contributed by atoms with E-state index in [1.54, 1.807) is 18.2 Å². The Balaban J connectivity index is 2.08. The Morgan fingerprint density at radius 1 is 1.35 bits per heavy atom. The molecule has 0 radical (unpaired) electrons. The van der Waals surface area contributed by atoms with Gasteiger partial charge in [-0.15, -0.1) is 0 Å². The van der Waals surface area contributed by atoms with Gasteiger partial charge < -0.3 is 5.73 Å². The summed E-state index contributed by atoms with van der Waals surface area (Å²) in [4.78, 5) is 0.314. The summed E-state index contributed by atoms with van der Waals surface area (Å²) in [6.45, 7) is 2.37. The van der Waals surface area contributed by atoms with E-state index in [0.717, 1.165) is 25.0 Å². The van der Waals surface area contributed by atoms with Gasteiger partial charge in [0.15, 0.2) is 0 Å². The molecule has 0 spiro atoms. The Kier molecular flexibility index (Phi) is 5.49. The second kappa shape index (κ2) is 6.93. The van der Waals surface area contributed by atoms with Gasteiger partial charge >= 0.3 is 0 Å². The first kappa shape index (κ1) is 15.8. The molecule has 20 heavy (non-hydrogen) atoms. The van der Waals surface area contributed by atoms with E-state index in [9.17, 15) is 8.42 Å². The molecule has 1 aliphatic rings. The molecule has 6 heteroatoms.